The third-order valence-corrected chi connectivity index (χ3v) is 13.2. The minimum atomic E-state index is -4.39. The van der Waals surface area contributed by atoms with Gasteiger partial charge < -0.3 is 20.1 Å². The van der Waals surface area contributed by atoms with Crippen molar-refractivity contribution in [2.24, 2.45) is 5.73 Å². The Balaban J connectivity index is 4.00. The molecule has 0 amide bonds. The second-order valence-corrected chi connectivity index (χ2v) is 20.6. The van der Waals surface area contributed by atoms with Crippen LogP contribution in [0.5, 0.6) is 0 Å². The van der Waals surface area contributed by atoms with Crippen molar-refractivity contribution in [2.75, 3.05) is 26.4 Å². The van der Waals surface area contributed by atoms with Crippen LogP contribution in [0.2, 0.25) is 0 Å². The van der Waals surface area contributed by atoms with E-state index in [-0.39, 0.29) is 38.6 Å². The number of carbonyl (C=O) groups is 2. The standard InChI is InChI=1S/C61H108NO8P/c1-3-5-7-9-11-13-15-17-19-21-23-25-27-28-29-30-32-34-36-38-40-42-44-46-48-50-52-54-61(64)70-59(58-69-71(65,66)68-56-55-62)57-67-60(63)53-51-49-47-45-43-41-39-37-35-33-31-26-24-22-20-18-16-14-12-10-8-6-4-2/h5,7,11,13,16-19,22-25,28-29,59H,3-4,6,8-10,12,14-15,20-21,26-27,30-58,62H2,1-2H3,(H,65,66)/b7-5-,13-11-,18-16-,19-17-,24-22-,25-23-,29-28-. The van der Waals surface area contributed by atoms with Crippen LogP contribution < -0.4 is 5.73 Å². The molecule has 2 atom stereocenters. The zero-order chi connectivity index (χ0) is 51.7. The number of unbranched alkanes of at least 4 members (excludes halogenated alkanes) is 27. The first-order chi connectivity index (χ1) is 34.8. The van der Waals surface area contributed by atoms with E-state index in [1.54, 1.807) is 0 Å². The first kappa shape index (κ1) is 68.2. The maximum atomic E-state index is 12.7. The highest BCUT2D eigenvalue weighted by Gasteiger charge is 2.26. The Morgan fingerprint density at radius 1 is 0.437 bits per heavy atom. The number of phosphoric acid groups is 1. The van der Waals surface area contributed by atoms with Crippen LogP contribution >= 0.6 is 7.82 Å². The molecule has 0 fully saturated rings. The zero-order valence-corrected chi connectivity index (χ0v) is 46.6. The van der Waals surface area contributed by atoms with Gasteiger partial charge in [0.2, 0.25) is 0 Å². The third-order valence-electron chi connectivity index (χ3n) is 12.3. The number of phosphoric ester groups is 1. The van der Waals surface area contributed by atoms with Crippen molar-refractivity contribution in [1.82, 2.24) is 0 Å². The maximum Gasteiger partial charge on any atom is 0.472 e. The predicted octanol–water partition coefficient (Wildman–Crippen LogP) is 18.3. The molecule has 0 spiro atoms. The molecule has 9 nitrogen and oxygen atoms in total. The van der Waals surface area contributed by atoms with Gasteiger partial charge in [-0.1, -0.05) is 240 Å². The van der Waals surface area contributed by atoms with Gasteiger partial charge in [-0.25, -0.2) is 4.57 Å². The van der Waals surface area contributed by atoms with E-state index in [2.05, 4.69) is 98.9 Å². The lowest BCUT2D eigenvalue weighted by Crippen LogP contribution is -2.29. The first-order valence-corrected chi connectivity index (χ1v) is 30.6. The van der Waals surface area contributed by atoms with Gasteiger partial charge in [-0.15, -0.1) is 0 Å². The second kappa shape index (κ2) is 56.5. The van der Waals surface area contributed by atoms with Gasteiger partial charge >= 0.3 is 19.8 Å². The van der Waals surface area contributed by atoms with E-state index in [0.717, 1.165) is 83.5 Å². The fraction of sp³-hybridized carbons (Fsp3) is 0.738. The summed E-state index contributed by atoms with van der Waals surface area (Å²) in [4.78, 5) is 35.2. The number of carbonyl (C=O) groups excluding carboxylic acids is 2. The molecule has 410 valence electrons. The number of allylic oxidation sites excluding steroid dienone is 14. The highest BCUT2D eigenvalue weighted by molar-refractivity contribution is 7.47. The Morgan fingerprint density at radius 3 is 1.15 bits per heavy atom. The summed E-state index contributed by atoms with van der Waals surface area (Å²) in [6.45, 7) is 3.63. The van der Waals surface area contributed by atoms with E-state index in [0.29, 0.717) is 6.42 Å². The van der Waals surface area contributed by atoms with Gasteiger partial charge in [0.25, 0.3) is 0 Å². The summed E-state index contributed by atoms with van der Waals surface area (Å²) in [5, 5.41) is 0. The van der Waals surface area contributed by atoms with Crippen LogP contribution in [-0.4, -0.2) is 49.3 Å². The van der Waals surface area contributed by atoms with Crippen LogP contribution in [0.15, 0.2) is 85.1 Å². The summed E-state index contributed by atoms with van der Waals surface area (Å²) in [6, 6.07) is 0. The molecule has 0 aromatic heterocycles. The lowest BCUT2D eigenvalue weighted by atomic mass is 10.0. The molecular weight excluding hydrogens is 906 g/mol. The maximum absolute atomic E-state index is 12.7. The molecule has 0 aliphatic carbocycles. The quantitative estimate of drug-likeness (QED) is 0.0264. The van der Waals surface area contributed by atoms with Gasteiger partial charge in [-0.2, -0.15) is 0 Å². The minimum Gasteiger partial charge on any atom is -0.462 e. The Labute approximate surface area is 436 Å². The van der Waals surface area contributed by atoms with Crippen LogP contribution in [0.3, 0.4) is 0 Å². The number of rotatable bonds is 54. The fourth-order valence-corrected chi connectivity index (χ4v) is 8.75. The Hall–Kier alpha value is -2.81. The average molecular weight is 1010 g/mol. The van der Waals surface area contributed by atoms with Crippen molar-refractivity contribution in [3.63, 3.8) is 0 Å². The molecule has 0 aromatic carbocycles. The SMILES string of the molecule is CC/C=C\C/C=C\C/C=C\C/C=C\C/C=C\CCCCCCCCCCCCCC(=O)OC(COC(=O)CCCCCCCCCCCCC/C=C\C/C=C\CCCCCCC)COP(=O)(O)OCCN. The summed E-state index contributed by atoms with van der Waals surface area (Å²) in [7, 11) is -4.39. The molecule has 0 rings (SSSR count). The van der Waals surface area contributed by atoms with Gasteiger partial charge in [0.15, 0.2) is 6.10 Å². The summed E-state index contributed by atoms with van der Waals surface area (Å²) < 4.78 is 33.0. The summed E-state index contributed by atoms with van der Waals surface area (Å²) in [5.41, 5.74) is 5.38. The van der Waals surface area contributed by atoms with Gasteiger partial charge in [0, 0.05) is 19.4 Å². The number of hydrogen-bond donors (Lipinski definition) is 2. The van der Waals surface area contributed by atoms with E-state index in [1.807, 2.05) is 0 Å². The molecule has 0 radical (unpaired) electrons. The summed E-state index contributed by atoms with van der Waals surface area (Å²) in [6.07, 6.45) is 73.4. The summed E-state index contributed by atoms with van der Waals surface area (Å²) >= 11 is 0. The Kier molecular flexibility index (Phi) is 54.2. The molecule has 10 heteroatoms. The molecule has 0 aliphatic rings. The largest absolute Gasteiger partial charge is 0.472 e. The van der Waals surface area contributed by atoms with Crippen molar-refractivity contribution < 1.29 is 37.6 Å². The molecule has 0 aliphatic heterocycles. The van der Waals surface area contributed by atoms with Gasteiger partial charge in [0.05, 0.1) is 13.2 Å². The van der Waals surface area contributed by atoms with Gasteiger partial charge in [-0.05, 0) is 89.9 Å². The van der Waals surface area contributed by atoms with Crippen molar-refractivity contribution in [2.45, 2.75) is 264 Å². The van der Waals surface area contributed by atoms with E-state index in [9.17, 15) is 19.0 Å². The third kappa shape index (κ3) is 56.3. The Morgan fingerprint density at radius 2 is 0.775 bits per heavy atom. The Bertz CT molecular complexity index is 1440. The molecule has 71 heavy (non-hydrogen) atoms. The van der Waals surface area contributed by atoms with Gasteiger partial charge in [0.1, 0.15) is 6.61 Å². The van der Waals surface area contributed by atoms with Crippen molar-refractivity contribution in [3.8, 4) is 0 Å². The number of hydrogen-bond acceptors (Lipinski definition) is 8. The molecule has 0 heterocycles. The van der Waals surface area contributed by atoms with E-state index in [4.69, 9.17) is 24.3 Å². The fourth-order valence-electron chi connectivity index (χ4n) is 7.99. The van der Waals surface area contributed by atoms with E-state index < -0.39 is 26.5 Å². The minimum absolute atomic E-state index is 0.0496. The zero-order valence-electron chi connectivity index (χ0n) is 45.7. The monoisotopic (exact) mass is 1010 g/mol. The van der Waals surface area contributed by atoms with Gasteiger partial charge in [-0.3, -0.25) is 18.6 Å². The highest BCUT2D eigenvalue weighted by Crippen LogP contribution is 2.43. The predicted molar refractivity (Wildman–Crippen MR) is 302 cm³/mol. The molecule has 0 bridgehead atoms. The van der Waals surface area contributed by atoms with Crippen LogP contribution in [0.1, 0.15) is 258 Å². The lowest BCUT2D eigenvalue weighted by molar-refractivity contribution is -0.161. The van der Waals surface area contributed by atoms with Crippen LogP contribution in [0.25, 0.3) is 0 Å². The molecule has 0 saturated carbocycles. The smallest absolute Gasteiger partial charge is 0.462 e. The normalized spacial score (nSPS) is 13.7. The average Bonchev–Trinajstić information content (AvgIpc) is 3.36. The van der Waals surface area contributed by atoms with E-state index in [1.165, 1.54) is 141 Å². The highest BCUT2D eigenvalue weighted by atomic mass is 31.2. The number of esters is 2. The van der Waals surface area contributed by atoms with Crippen molar-refractivity contribution >= 4 is 19.8 Å². The second-order valence-electron chi connectivity index (χ2n) is 19.1. The molecule has 0 saturated heterocycles. The first-order valence-electron chi connectivity index (χ1n) is 29.1. The molecule has 0 aromatic rings. The van der Waals surface area contributed by atoms with Crippen LogP contribution in [-0.2, 0) is 32.7 Å². The van der Waals surface area contributed by atoms with E-state index >= 15 is 0 Å². The summed E-state index contributed by atoms with van der Waals surface area (Å²) in [5.74, 6) is -0.831. The number of ether oxygens (including phenoxy) is 2. The lowest BCUT2D eigenvalue weighted by Gasteiger charge is -2.19. The van der Waals surface area contributed by atoms with Crippen LogP contribution in [0, 0.1) is 0 Å². The van der Waals surface area contributed by atoms with Crippen molar-refractivity contribution in [3.05, 3.63) is 85.1 Å². The molecule has 2 unspecified atom stereocenters. The van der Waals surface area contributed by atoms with Crippen molar-refractivity contribution in [1.29, 1.82) is 0 Å². The molecule has 3 N–H and O–H groups in total. The van der Waals surface area contributed by atoms with Crippen LogP contribution in [0.4, 0.5) is 0 Å². The topological polar surface area (TPSA) is 134 Å². The number of nitrogens with two attached hydrogens (primary N) is 1. The molecular formula is C61H108NO8P.